The number of rotatable bonds is 15. The van der Waals surface area contributed by atoms with E-state index in [9.17, 15) is 32.5 Å². The largest absolute Gasteiger partial charge is 1.00 e. The first kappa shape index (κ1) is 33.9. The Bertz CT molecular complexity index is 727. The zero-order chi connectivity index (χ0) is 24.7. The summed E-state index contributed by atoms with van der Waals surface area (Å²) in [7, 11) is -5.13. The molecule has 1 heterocycles. The van der Waals surface area contributed by atoms with Crippen LogP contribution in [-0.4, -0.2) is 67.7 Å². The van der Waals surface area contributed by atoms with Crippen LogP contribution in [0.4, 0.5) is 0 Å². The van der Waals surface area contributed by atoms with Gasteiger partial charge in [0, 0.05) is 6.42 Å². The fourth-order valence-electron chi connectivity index (χ4n) is 3.39. The van der Waals surface area contributed by atoms with E-state index < -0.39 is 71.5 Å². The van der Waals surface area contributed by atoms with Crippen molar-refractivity contribution in [1.29, 1.82) is 0 Å². The van der Waals surface area contributed by atoms with Crippen LogP contribution < -0.4 is 51.4 Å². The summed E-state index contributed by atoms with van der Waals surface area (Å²) in [5.41, 5.74) is -1.44. The summed E-state index contributed by atoms with van der Waals surface area (Å²) in [5.74, 6) is -3.01. The van der Waals surface area contributed by atoms with E-state index in [1.165, 1.54) is 38.5 Å². The molecule has 0 spiro atoms. The van der Waals surface area contributed by atoms with Crippen molar-refractivity contribution in [2.45, 2.75) is 89.2 Å². The summed E-state index contributed by atoms with van der Waals surface area (Å²) in [6.07, 6.45) is 10.4. The third kappa shape index (κ3) is 13.9. The van der Waals surface area contributed by atoms with Crippen molar-refractivity contribution >= 4 is 28.0 Å². The molecular weight excluding hydrogens is 495 g/mol. The number of aliphatic hydroxyl groups excluding tert-OH is 1. The molecule has 34 heavy (non-hydrogen) atoms. The van der Waals surface area contributed by atoms with Crippen molar-refractivity contribution in [3.63, 3.8) is 0 Å². The molecule has 0 radical (unpaired) electrons. The molecule has 1 aliphatic heterocycles. The maximum atomic E-state index is 12.1. The van der Waals surface area contributed by atoms with Crippen molar-refractivity contribution in [3.8, 4) is 0 Å². The van der Waals surface area contributed by atoms with Gasteiger partial charge >= 0.3 is 69.3 Å². The van der Waals surface area contributed by atoms with Gasteiger partial charge in [-0.1, -0.05) is 64.7 Å². The summed E-state index contributed by atoms with van der Waals surface area (Å²) < 4.78 is 48.6. The summed E-state index contributed by atoms with van der Waals surface area (Å²) in [6, 6.07) is 0. The number of cyclic esters (lactones) is 2. The van der Waals surface area contributed by atoms with Gasteiger partial charge in [0.05, 0.1) is 18.4 Å². The van der Waals surface area contributed by atoms with Crippen molar-refractivity contribution < 1.29 is 98.1 Å². The zero-order valence-corrected chi connectivity index (χ0v) is 24.4. The third-order valence-electron chi connectivity index (χ3n) is 5.63. The second-order valence-electron chi connectivity index (χ2n) is 8.70. The van der Waals surface area contributed by atoms with E-state index in [4.69, 9.17) is 14.2 Å². The van der Waals surface area contributed by atoms with Crippen LogP contribution in [0.2, 0.25) is 0 Å². The molecule has 1 saturated heterocycles. The number of unbranched alkanes of at least 4 members (excludes halogenated alkanes) is 9. The number of esters is 3. The molecule has 1 fully saturated rings. The fourth-order valence-corrected chi connectivity index (χ4v) is 4.03. The van der Waals surface area contributed by atoms with Crippen molar-refractivity contribution in [2.24, 2.45) is 5.41 Å². The maximum Gasteiger partial charge on any atom is 1.00 e. The molecule has 0 amide bonds. The van der Waals surface area contributed by atoms with Gasteiger partial charge in [0.2, 0.25) is 0 Å². The molecule has 1 aliphatic rings. The SMILES string of the molecule is CCCCCCCCCCCCC(=O)OCC1(CO)COC(=O)CC(S(=O)(=O)[O-])C(=O)OC1.[K+]. The van der Waals surface area contributed by atoms with Crippen molar-refractivity contribution in [1.82, 2.24) is 0 Å². The second kappa shape index (κ2) is 18.2. The summed E-state index contributed by atoms with van der Waals surface area (Å²) >= 11 is 0. The number of aliphatic hydroxyl groups is 1. The van der Waals surface area contributed by atoms with Crippen LogP contribution >= 0.6 is 0 Å². The van der Waals surface area contributed by atoms with E-state index in [0.29, 0.717) is 6.42 Å². The Labute approximate surface area is 245 Å². The number of ether oxygens (including phenoxy) is 3. The fraction of sp³-hybridized carbons (Fsp3) is 0.864. The average molecular weight is 533 g/mol. The topological polar surface area (TPSA) is 156 Å². The molecule has 0 aliphatic carbocycles. The predicted molar refractivity (Wildman–Crippen MR) is 117 cm³/mol. The van der Waals surface area contributed by atoms with E-state index in [0.717, 1.165) is 19.3 Å². The van der Waals surface area contributed by atoms with Gasteiger partial charge in [0.15, 0.2) is 5.25 Å². The minimum absolute atomic E-state index is 0. The first-order valence-electron chi connectivity index (χ1n) is 11.7. The number of hydrogen-bond donors (Lipinski definition) is 1. The van der Waals surface area contributed by atoms with Crippen molar-refractivity contribution in [2.75, 3.05) is 26.4 Å². The van der Waals surface area contributed by atoms with Gasteiger partial charge in [0.25, 0.3) is 0 Å². The Morgan fingerprint density at radius 2 is 1.56 bits per heavy atom. The Morgan fingerprint density at radius 1 is 1.03 bits per heavy atom. The second-order valence-corrected chi connectivity index (χ2v) is 10.3. The minimum atomic E-state index is -5.13. The molecule has 0 saturated carbocycles. The van der Waals surface area contributed by atoms with Gasteiger partial charge in [-0.05, 0) is 6.42 Å². The average Bonchev–Trinajstić information content (AvgIpc) is 2.83. The monoisotopic (exact) mass is 532 g/mol. The molecule has 1 rings (SSSR count). The van der Waals surface area contributed by atoms with Crippen LogP contribution in [0.15, 0.2) is 0 Å². The maximum absolute atomic E-state index is 12.1. The molecular formula is C22H37KO10S. The minimum Gasteiger partial charge on any atom is -0.747 e. The quantitative estimate of drug-likeness (QED) is 0.0933. The van der Waals surface area contributed by atoms with E-state index >= 15 is 0 Å². The molecule has 0 bridgehead atoms. The normalized spacial score (nSPS) is 21.3. The van der Waals surface area contributed by atoms with Crippen LogP contribution in [0.3, 0.4) is 0 Å². The van der Waals surface area contributed by atoms with Gasteiger partial charge < -0.3 is 23.9 Å². The van der Waals surface area contributed by atoms with Gasteiger partial charge in [-0.3, -0.25) is 14.4 Å². The van der Waals surface area contributed by atoms with Crippen LogP contribution in [0.5, 0.6) is 0 Å². The Hall–Kier alpha value is -0.0836. The zero-order valence-electron chi connectivity index (χ0n) is 20.4. The van der Waals surface area contributed by atoms with Crippen LogP contribution in [-0.2, 0) is 38.7 Å². The Morgan fingerprint density at radius 3 is 2.09 bits per heavy atom. The smallest absolute Gasteiger partial charge is 0.747 e. The van der Waals surface area contributed by atoms with Gasteiger partial charge in [-0.25, -0.2) is 8.42 Å². The first-order valence-corrected chi connectivity index (χ1v) is 13.1. The number of carbonyl (C=O) groups is 3. The standard InChI is InChI=1S/C22H38O10S.K/c1-2-3-4-5-6-7-8-9-10-11-12-19(24)30-15-22(14-23)16-31-20(25)13-18(33(27,28)29)21(26)32-17-22;/h18,23H,2-17H2,1H3,(H,27,28,29);/q;+1/p-1. The molecule has 1 N–H and O–H groups in total. The van der Waals surface area contributed by atoms with Crippen LogP contribution in [0, 0.1) is 5.41 Å². The van der Waals surface area contributed by atoms with Gasteiger partial charge in [-0.2, -0.15) is 0 Å². The van der Waals surface area contributed by atoms with Gasteiger partial charge in [-0.15, -0.1) is 0 Å². The Balaban J connectivity index is 0.0000109. The van der Waals surface area contributed by atoms with E-state index in [1.54, 1.807) is 0 Å². The van der Waals surface area contributed by atoms with Gasteiger partial charge in [0.1, 0.15) is 29.9 Å². The molecule has 0 aromatic heterocycles. The summed E-state index contributed by atoms with van der Waals surface area (Å²) in [5, 5.41) is 7.55. The summed E-state index contributed by atoms with van der Waals surface area (Å²) in [6.45, 7) is 0.0973. The van der Waals surface area contributed by atoms with Crippen molar-refractivity contribution in [3.05, 3.63) is 0 Å². The third-order valence-corrected chi connectivity index (χ3v) is 6.69. The number of carbonyl (C=O) groups excluding carboxylic acids is 3. The Kier molecular flexibility index (Phi) is 18.2. The van der Waals surface area contributed by atoms with E-state index in [2.05, 4.69) is 6.92 Å². The predicted octanol–water partition coefficient (Wildman–Crippen LogP) is -0.773. The van der Waals surface area contributed by atoms with E-state index in [1.807, 2.05) is 0 Å². The molecule has 0 aromatic carbocycles. The van der Waals surface area contributed by atoms with E-state index in [-0.39, 0.29) is 57.8 Å². The van der Waals surface area contributed by atoms with Crippen LogP contribution in [0.1, 0.15) is 84.0 Å². The molecule has 2 atom stereocenters. The molecule has 12 heteroatoms. The molecule has 10 nitrogen and oxygen atoms in total. The van der Waals surface area contributed by atoms with Crippen LogP contribution in [0.25, 0.3) is 0 Å². The summed E-state index contributed by atoms with van der Waals surface area (Å²) in [4.78, 5) is 35.9. The molecule has 0 aromatic rings. The number of hydrogen-bond acceptors (Lipinski definition) is 10. The molecule has 2 unspecified atom stereocenters. The molecule has 192 valence electrons. The first-order chi connectivity index (χ1) is 15.6.